The van der Waals surface area contributed by atoms with E-state index in [2.05, 4.69) is 30.9 Å². The molecular formula is C17H16BrN3O3S2. The van der Waals surface area contributed by atoms with Crippen molar-refractivity contribution in [2.75, 3.05) is 12.0 Å². The first-order chi connectivity index (χ1) is 12.4. The van der Waals surface area contributed by atoms with Gasteiger partial charge < -0.3 is 0 Å². The average molecular weight is 454 g/mol. The van der Waals surface area contributed by atoms with Crippen molar-refractivity contribution in [1.29, 1.82) is 0 Å². The maximum Gasteiger partial charge on any atom is 0.197 e. The van der Waals surface area contributed by atoms with Crippen molar-refractivity contribution in [2.45, 2.75) is 29.3 Å². The van der Waals surface area contributed by atoms with Gasteiger partial charge in [0.05, 0.1) is 28.5 Å². The Hall–Kier alpha value is -1.58. The molecule has 2 aromatic rings. The van der Waals surface area contributed by atoms with Gasteiger partial charge in [-0.05, 0) is 40.2 Å². The van der Waals surface area contributed by atoms with E-state index in [-0.39, 0.29) is 27.5 Å². The third kappa shape index (κ3) is 3.60. The normalized spacial score (nSPS) is 17.0. The van der Waals surface area contributed by atoms with Crippen LogP contribution in [0.3, 0.4) is 0 Å². The van der Waals surface area contributed by atoms with Crippen molar-refractivity contribution >= 4 is 53.6 Å². The Morgan fingerprint density at radius 3 is 2.69 bits per heavy atom. The van der Waals surface area contributed by atoms with E-state index in [1.54, 1.807) is 37.4 Å². The summed E-state index contributed by atoms with van der Waals surface area (Å²) in [5, 5.41) is 0.546. The van der Waals surface area contributed by atoms with Gasteiger partial charge in [-0.1, -0.05) is 36.9 Å². The van der Waals surface area contributed by atoms with Gasteiger partial charge in [0, 0.05) is 0 Å². The van der Waals surface area contributed by atoms with Gasteiger partial charge in [0.1, 0.15) is 5.69 Å². The minimum absolute atomic E-state index is 0.00313. The molecule has 0 saturated carbocycles. The van der Waals surface area contributed by atoms with Crippen LogP contribution >= 0.6 is 27.7 Å². The standard InChI is InChI=1S/C17H16BrN3O3S2/c1-3-26(23,24)13-7-5-4-6-10(13)8-11-14-12(20-16(18)15(11)22)9-19-17(21-14)25-2/h4-7,9,11H,3,8H2,1-2H3. The number of aliphatic imine (C=N–C) groups is 1. The van der Waals surface area contributed by atoms with Crippen molar-refractivity contribution in [3.63, 3.8) is 0 Å². The number of hydrogen-bond donors (Lipinski definition) is 0. The molecular weight excluding hydrogens is 438 g/mol. The highest BCUT2D eigenvalue weighted by atomic mass is 79.9. The molecule has 0 spiro atoms. The summed E-state index contributed by atoms with van der Waals surface area (Å²) in [5.74, 6) is -0.825. The van der Waals surface area contributed by atoms with E-state index in [0.29, 0.717) is 22.1 Å². The molecule has 1 aromatic carbocycles. The number of rotatable bonds is 5. The zero-order valence-corrected chi connectivity index (χ0v) is 17.4. The van der Waals surface area contributed by atoms with Crippen LogP contribution in [0.1, 0.15) is 24.1 Å². The second-order valence-electron chi connectivity index (χ2n) is 5.66. The number of nitrogens with zero attached hydrogens (tertiary/aromatic N) is 3. The highest BCUT2D eigenvalue weighted by Crippen LogP contribution is 2.36. The number of sulfone groups is 1. The van der Waals surface area contributed by atoms with Gasteiger partial charge in [-0.3, -0.25) is 4.79 Å². The van der Waals surface area contributed by atoms with Gasteiger partial charge in [-0.25, -0.2) is 23.4 Å². The van der Waals surface area contributed by atoms with Crippen molar-refractivity contribution in [2.24, 2.45) is 4.99 Å². The number of hydrogen-bond acceptors (Lipinski definition) is 7. The first-order valence-corrected chi connectivity index (χ1v) is 11.5. The molecule has 0 saturated heterocycles. The molecule has 0 amide bonds. The van der Waals surface area contributed by atoms with E-state index in [0.717, 1.165) is 0 Å². The van der Waals surface area contributed by atoms with E-state index < -0.39 is 15.8 Å². The molecule has 1 unspecified atom stereocenters. The topological polar surface area (TPSA) is 89.4 Å². The molecule has 9 heteroatoms. The van der Waals surface area contributed by atoms with Gasteiger partial charge in [0.15, 0.2) is 25.4 Å². The molecule has 136 valence electrons. The number of halogens is 1. The number of benzene rings is 1. The highest BCUT2D eigenvalue weighted by molar-refractivity contribution is 9.19. The van der Waals surface area contributed by atoms with Crippen LogP contribution in [0.25, 0.3) is 0 Å². The number of fused-ring (bicyclic) bond motifs is 1. The lowest BCUT2D eigenvalue weighted by Gasteiger charge is -2.21. The van der Waals surface area contributed by atoms with Crippen LogP contribution < -0.4 is 0 Å². The lowest BCUT2D eigenvalue weighted by atomic mass is 9.90. The first kappa shape index (κ1) is 19.2. The number of aromatic nitrogens is 2. The van der Waals surface area contributed by atoms with Gasteiger partial charge in [-0.15, -0.1) is 0 Å². The van der Waals surface area contributed by atoms with Crippen molar-refractivity contribution < 1.29 is 13.2 Å². The molecule has 1 atom stereocenters. The fourth-order valence-corrected chi connectivity index (χ4v) is 4.74. The SMILES string of the molecule is CCS(=O)(=O)c1ccccc1CC1C(=O)C(Br)=Nc2cnc(SC)nc21. The molecule has 26 heavy (non-hydrogen) atoms. The number of Topliss-reactive ketones (excluding diaryl/α,β-unsaturated/α-hetero) is 1. The van der Waals surface area contributed by atoms with Crippen LogP contribution in [0, 0.1) is 0 Å². The van der Waals surface area contributed by atoms with E-state index >= 15 is 0 Å². The Morgan fingerprint density at radius 2 is 2.00 bits per heavy atom. The van der Waals surface area contributed by atoms with E-state index in [1.807, 2.05) is 6.26 Å². The van der Waals surface area contributed by atoms with Crippen molar-refractivity contribution in [1.82, 2.24) is 9.97 Å². The van der Waals surface area contributed by atoms with E-state index in [9.17, 15) is 13.2 Å². The van der Waals surface area contributed by atoms with Crippen LogP contribution in [-0.2, 0) is 21.1 Å². The molecule has 0 radical (unpaired) electrons. The quantitative estimate of drug-likeness (QED) is 0.509. The highest BCUT2D eigenvalue weighted by Gasteiger charge is 2.33. The smallest absolute Gasteiger partial charge is 0.197 e. The second-order valence-corrected chi connectivity index (χ2v) is 9.43. The number of carbonyl (C=O) groups excluding carboxylic acids is 1. The van der Waals surface area contributed by atoms with Gasteiger partial charge in [-0.2, -0.15) is 0 Å². The molecule has 0 N–H and O–H groups in total. The van der Waals surface area contributed by atoms with Crippen molar-refractivity contribution in [3.05, 3.63) is 41.7 Å². The maximum atomic E-state index is 12.7. The summed E-state index contributed by atoms with van der Waals surface area (Å²) in [6.45, 7) is 1.61. The fourth-order valence-electron chi connectivity index (χ4n) is 2.78. The third-order valence-electron chi connectivity index (χ3n) is 4.14. The Morgan fingerprint density at radius 1 is 1.27 bits per heavy atom. The molecule has 1 aromatic heterocycles. The lowest BCUT2D eigenvalue weighted by molar-refractivity contribution is -0.114. The summed E-state index contributed by atoms with van der Waals surface area (Å²) in [7, 11) is -3.39. The Bertz CT molecular complexity index is 1010. The van der Waals surface area contributed by atoms with E-state index in [1.165, 1.54) is 11.8 Å². The predicted octanol–water partition coefficient (Wildman–Crippen LogP) is 3.33. The van der Waals surface area contributed by atoms with E-state index in [4.69, 9.17) is 0 Å². The minimum Gasteiger partial charge on any atom is -0.291 e. The Balaban J connectivity index is 2.09. The molecule has 0 aliphatic carbocycles. The molecule has 1 aliphatic heterocycles. The molecule has 0 fully saturated rings. The second kappa shape index (κ2) is 7.58. The van der Waals surface area contributed by atoms with Gasteiger partial charge in [0.2, 0.25) is 0 Å². The lowest BCUT2D eigenvalue weighted by Crippen LogP contribution is -2.25. The molecule has 2 heterocycles. The van der Waals surface area contributed by atoms with Crippen LogP contribution in [-0.4, -0.2) is 40.8 Å². The predicted molar refractivity (Wildman–Crippen MR) is 105 cm³/mol. The summed E-state index contributed by atoms with van der Waals surface area (Å²) in [6, 6.07) is 6.79. The number of carbonyl (C=O) groups is 1. The summed E-state index contributed by atoms with van der Waals surface area (Å²) >= 11 is 4.58. The summed E-state index contributed by atoms with van der Waals surface area (Å²) in [6.07, 6.45) is 3.67. The Kier molecular flexibility index (Phi) is 5.59. The molecule has 3 rings (SSSR count). The first-order valence-electron chi connectivity index (χ1n) is 7.87. The molecule has 6 nitrogen and oxygen atoms in total. The average Bonchev–Trinajstić information content (AvgIpc) is 2.65. The molecule has 0 bridgehead atoms. The van der Waals surface area contributed by atoms with Crippen LogP contribution in [0.5, 0.6) is 0 Å². The monoisotopic (exact) mass is 453 g/mol. The zero-order chi connectivity index (χ0) is 18.9. The summed E-state index contributed by atoms with van der Waals surface area (Å²) in [5.41, 5.74) is 1.65. The maximum absolute atomic E-state index is 12.7. The van der Waals surface area contributed by atoms with Gasteiger partial charge in [0.25, 0.3) is 0 Å². The van der Waals surface area contributed by atoms with Crippen LogP contribution in [0.2, 0.25) is 0 Å². The Labute approximate surface area is 164 Å². The fraction of sp³-hybridized carbons (Fsp3) is 0.294. The van der Waals surface area contributed by atoms with Gasteiger partial charge >= 0.3 is 0 Å². The number of ketones is 1. The summed E-state index contributed by atoms with van der Waals surface area (Å²) in [4.78, 5) is 25.9. The largest absolute Gasteiger partial charge is 0.291 e. The zero-order valence-electron chi connectivity index (χ0n) is 14.1. The van der Waals surface area contributed by atoms with Crippen LogP contribution in [0.15, 0.2) is 45.5 Å². The minimum atomic E-state index is -3.39. The van der Waals surface area contributed by atoms with Crippen molar-refractivity contribution in [3.8, 4) is 0 Å². The summed E-state index contributed by atoms with van der Waals surface area (Å²) < 4.78 is 25.0. The third-order valence-corrected chi connectivity index (χ3v) is 7.10. The van der Waals surface area contributed by atoms with Crippen LogP contribution in [0.4, 0.5) is 5.69 Å². The molecule has 1 aliphatic rings. The number of thioether (sulfide) groups is 1.